The standard InChI is InChI=1S/C20H33N3O3/c1-15-11-19(2,3)14-20(12-15)17(25)23(18(26)21-20)13-16(24)22-9-7-5-4-6-8-10-22/h15H,4-14H2,1-3H3,(H,21,26)/t15-,20+/m1/s1. The fourth-order valence-corrected chi connectivity index (χ4v) is 5.38. The van der Waals surface area contributed by atoms with E-state index in [1.54, 1.807) is 0 Å². The average molecular weight is 364 g/mol. The molecule has 1 spiro atoms. The van der Waals surface area contributed by atoms with Crippen LogP contribution >= 0.6 is 0 Å². The monoisotopic (exact) mass is 363 g/mol. The third-order valence-electron chi connectivity index (χ3n) is 6.13. The molecule has 0 bridgehead atoms. The molecular formula is C20H33N3O3. The SMILES string of the molecule is C[C@@H]1CC(C)(C)C[C@]2(C1)NC(=O)N(CC(=O)N1CCCCCCC1)C2=O. The van der Waals surface area contributed by atoms with E-state index < -0.39 is 11.6 Å². The molecule has 26 heavy (non-hydrogen) atoms. The van der Waals surface area contributed by atoms with Gasteiger partial charge in [-0.05, 0) is 43.4 Å². The lowest BCUT2D eigenvalue weighted by molar-refractivity contribution is -0.141. The molecule has 0 unspecified atom stereocenters. The van der Waals surface area contributed by atoms with Crippen molar-refractivity contribution in [1.29, 1.82) is 0 Å². The van der Waals surface area contributed by atoms with Crippen molar-refractivity contribution in [3.05, 3.63) is 0 Å². The quantitative estimate of drug-likeness (QED) is 0.767. The molecule has 0 aromatic rings. The van der Waals surface area contributed by atoms with Crippen LogP contribution in [-0.4, -0.2) is 52.8 Å². The zero-order valence-electron chi connectivity index (χ0n) is 16.5. The third kappa shape index (κ3) is 3.89. The summed E-state index contributed by atoms with van der Waals surface area (Å²) in [6.45, 7) is 7.78. The molecule has 0 radical (unpaired) electrons. The van der Waals surface area contributed by atoms with E-state index in [9.17, 15) is 14.4 Å². The summed E-state index contributed by atoms with van der Waals surface area (Å²) in [5, 5.41) is 2.95. The number of imide groups is 1. The van der Waals surface area contributed by atoms with Gasteiger partial charge in [0.05, 0.1) is 0 Å². The second kappa shape index (κ2) is 7.20. The van der Waals surface area contributed by atoms with Gasteiger partial charge in [0.15, 0.2) is 0 Å². The molecule has 2 atom stereocenters. The first-order chi connectivity index (χ1) is 12.2. The van der Waals surface area contributed by atoms with Gasteiger partial charge in [0.25, 0.3) is 5.91 Å². The molecule has 1 aliphatic carbocycles. The van der Waals surface area contributed by atoms with Gasteiger partial charge in [-0.1, -0.05) is 40.0 Å². The Hall–Kier alpha value is -1.59. The highest BCUT2D eigenvalue weighted by atomic mass is 16.2. The van der Waals surface area contributed by atoms with Gasteiger partial charge in [0.1, 0.15) is 12.1 Å². The van der Waals surface area contributed by atoms with Crippen LogP contribution in [0, 0.1) is 11.3 Å². The van der Waals surface area contributed by atoms with Crippen LogP contribution in [0.25, 0.3) is 0 Å². The van der Waals surface area contributed by atoms with Gasteiger partial charge in [-0.25, -0.2) is 4.79 Å². The van der Waals surface area contributed by atoms with Gasteiger partial charge in [-0.3, -0.25) is 14.5 Å². The Morgan fingerprint density at radius 1 is 1.08 bits per heavy atom. The maximum atomic E-state index is 13.1. The zero-order chi connectivity index (χ0) is 18.9. The molecular weight excluding hydrogens is 330 g/mol. The van der Waals surface area contributed by atoms with Crippen molar-refractivity contribution in [2.45, 2.75) is 77.7 Å². The number of nitrogens with one attached hydrogen (secondary N) is 1. The number of carbonyl (C=O) groups is 3. The van der Waals surface area contributed by atoms with Crippen LogP contribution in [0.1, 0.15) is 72.1 Å². The van der Waals surface area contributed by atoms with E-state index in [-0.39, 0.29) is 23.8 Å². The number of hydrogen-bond acceptors (Lipinski definition) is 3. The Morgan fingerprint density at radius 3 is 2.31 bits per heavy atom. The van der Waals surface area contributed by atoms with Crippen molar-refractivity contribution in [3.63, 3.8) is 0 Å². The van der Waals surface area contributed by atoms with E-state index in [1.807, 2.05) is 4.90 Å². The van der Waals surface area contributed by atoms with Crippen molar-refractivity contribution in [2.75, 3.05) is 19.6 Å². The topological polar surface area (TPSA) is 69.7 Å². The van der Waals surface area contributed by atoms with Gasteiger partial charge >= 0.3 is 6.03 Å². The van der Waals surface area contributed by atoms with Gasteiger partial charge < -0.3 is 10.2 Å². The Bertz CT molecular complexity index is 581. The Morgan fingerprint density at radius 2 is 1.69 bits per heavy atom. The van der Waals surface area contributed by atoms with E-state index in [0.29, 0.717) is 18.8 Å². The third-order valence-corrected chi connectivity index (χ3v) is 6.13. The minimum atomic E-state index is -0.825. The van der Waals surface area contributed by atoms with Crippen molar-refractivity contribution in [2.24, 2.45) is 11.3 Å². The Labute approximate surface area is 156 Å². The van der Waals surface area contributed by atoms with Gasteiger partial charge in [0, 0.05) is 13.1 Å². The van der Waals surface area contributed by atoms with E-state index in [2.05, 4.69) is 26.1 Å². The normalized spacial score (nSPS) is 32.3. The molecule has 6 heteroatoms. The van der Waals surface area contributed by atoms with E-state index in [1.165, 1.54) is 6.42 Å². The summed E-state index contributed by atoms with van der Waals surface area (Å²) in [6.07, 6.45) is 7.86. The highest BCUT2D eigenvalue weighted by Gasteiger charge is 2.56. The molecule has 2 aliphatic heterocycles. The minimum Gasteiger partial charge on any atom is -0.341 e. The number of nitrogens with zero attached hydrogens (tertiary/aromatic N) is 2. The number of likely N-dealkylation sites (tertiary alicyclic amines) is 1. The summed E-state index contributed by atoms with van der Waals surface area (Å²) >= 11 is 0. The maximum absolute atomic E-state index is 13.1. The van der Waals surface area contributed by atoms with Crippen LogP contribution in [0.2, 0.25) is 0 Å². The molecule has 0 aromatic carbocycles. The van der Waals surface area contributed by atoms with Crippen LogP contribution < -0.4 is 5.32 Å². The maximum Gasteiger partial charge on any atom is 0.325 e. The molecule has 2 heterocycles. The molecule has 0 aromatic heterocycles. The van der Waals surface area contributed by atoms with Crippen molar-refractivity contribution in [1.82, 2.24) is 15.1 Å². The number of urea groups is 1. The van der Waals surface area contributed by atoms with Crippen LogP contribution in [0.15, 0.2) is 0 Å². The summed E-state index contributed by atoms with van der Waals surface area (Å²) in [5.74, 6) is 0.0612. The Balaban J connectivity index is 1.70. The molecule has 3 fully saturated rings. The second-order valence-electron chi connectivity index (χ2n) is 9.41. The molecule has 6 nitrogen and oxygen atoms in total. The predicted molar refractivity (Wildman–Crippen MR) is 99.4 cm³/mol. The van der Waals surface area contributed by atoms with Crippen molar-refractivity contribution >= 4 is 17.8 Å². The van der Waals surface area contributed by atoms with E-state index >= 15 is 0 Å². The first-order valence-electron chi connectivity index (χ1n) is 10.1. The van der Waals surface area contributed by atoms with Crippen LogP contribution in [0.4, 0.5) is 4.79 Å². The smallest absolute Gasteiger partial charge is 0.325 e. The van der Waals surface area contributed by atoms with Crippen molar-refractivity contribution in [3.8, 4) is 0 Å². The van der Waals surface area contributed by atoms with Crippen LogP contribution in [0.5, 0.6) is 0 Å². The first kappa shape index (κ1) is 19.2. The molecule has 3 aliphatic rings. The lowest BCUT2D eigenvalue weighted by Gasteiger charge is -2.43. The van der Waals surface area contributed by atoms with Crippen LogP contribution in [0.3, 0.4) is 0 Å². The molecule has 2 saturated heterocycles. The lowest BCUT2D eigenvalue weighted by atomic mass is 9.64. The lowest BCUT2D eigenvalue weighted by Crippen LogP contribution is -2.54. The number of amides is 4. The average Bonchev–Trinajstić information content (AvgIpc) is 2.68. The highest BCUT2D eigenvalue weighted by molar-refractivity contribution is 6.09. The largest absolute Gasteiger partial charge is 0.341 e. The molecule has 1 saturated carbocycles. The molecule has 3 rings (SSSR count). The molecule has 4 amide bonds. The summed E-state index contributed by atoms with van der Waals surface area (Å²) in [6, 6.07) is -0.403. The zero-order valence-corrected chi connectivity index (χ0v) is 16.5. The van der Waals surface area contributed by atoms with Gasteiger partial charge in [0.2, 0.25) is 5.91 Å². The van der Waals surface area contributed by atoms with E-state index in [0.717, 1.165) is 50.1 Å². The second-order valence-corrected chi connectivity index (χ2v) is 9.41. The summed E-state index contributed by atoms with van der Waals surface area (Å²) in [4.78, 5) is 41.4. The fraction of sp³-hybridized carbons (Fsp3) is 0.850. The summed E-state index contributed by atoms with van der Waals surface area (Å²) < 4.78 is 0. The minimum absolute atomic E-state index is 0.00363. The van der Waals surface area contributed by atoms with E-state index in [4.69, 9.17) is 0 Å². The number of rotatable bonds is 2. The number of hydrogen-bond donors (Lipinski definition) is 1. The molecule has 146 valence electrons. The fourth-order valence-electron chi connectivity index (χ4n) is 5.38. The van der Waals surface area contributed by atoms with Gasteiger partial charge in [-0.15, -0.1) is 0 Å². The molecule has 1 N–H and O–H groups in total. The first-order valence-corrected chi connectivity index (χ1v) is 10.1. The predicted octanol–water partition coefficient (Wildman–Crippen LogP) is 2.92. The highest BCUT2D eigenvalue weighted by Crippen LogP contribution is 2.46. The van der Waals surface area contributed by atoms with Gasteiger partial charge in [-0.2, -0.15) is 0 Å². The Kier molecular flexibility index (Phi) is 5.31. The van der Waals surface area contributed by atoms with Crippen molar-refractivity contribution < 1.29 is 14.4 Å². The van der Waals surface area contributed by atoms with Crippen LogP contribution in [-0.2, 0) is 9.59 Å². The summed E-state index contributed by atoms with van der Waals surface area (Å²) in [7, 11) is 0. The summed E-state index contributed by atoms with van der Waals surface area (Å²) in [5.41, 5.74) is -0.821. The number of carbonyl (C=O) groups excluding carboxylic acids is 3.